The Bertz CT molecular complexity index is 1650. The minimum absolute atomic E-state index is 0.0331. The number of hydrogen-bond donors (Lipinski definition) is 0. The highest BCUT2D eigenvalue weighted by Crippen LogP contribution is 2.37. The lowest BCUT2D eigenvalue weighted by Crippen LogP contribution is -2.36. The zero-order chi connectivity index (χ0) is 25.2. The molecule has 2 aromatic carbocycles. The van der Waals surface area contributed by atoms with E-state index in [2.05, 4.69) is 5.10 Å². The number of nitrogens with zero attached hydrogens (tertiary/aromatic N) is 4. The first kappa shape index (κ1) is 22.8. The second-order valence-corrected chi connectivity index (χ2v) is 11.9. The van der Waals surface area contributed by atoms with Gasteiger partial charge < -0.3 is 4.90 Å². The van der Waals surface area contributed by atoms with E-state index in [-0.39, 0.29) is 35.1 Å². The van der Waals surface area contributed by atoms with Crippen molar-refractivity contribution in [1.29, 1.82) is 0 Å². The number of para-hydroxylation sites is 1. The lowest BCUT2D eigenvalue weighted by Gasteiger charge is -2.23. The van der Waals surface area contributed by atoms with E-state index in [9.17, 15) is 17.6 Å². The fourth-order valence-electron chi connectivity index (χ4n) is 5.52. The number of pyridine rings is 1. The summed E-state index contributed by atoms with van der Waals surface area (Å²) >= 11 is 0. The molecule has 184 valence electrons. The molecule has 4 heterocycles. The molecule has 0 bridgehead atoms. The lowest BCUT2D eigenvalue weighted by atomic mass is 10.0. The molecular formula is C27H25FN4O3S. The van der Waals surface area contributed by atoms with Gasteiger partial charge in [-0.3, -0.25) is 4.79 Å². The number of anilines is 1. The first-order valence-corrected chi connectivity index (χ1v) is 13.8. The van der Waals surface area contributed by atoms with Crippen LogP contribution in [0.2, 0.25) is 0 Å². The molecule has 0 aliphatic carbocycles. The van der Waals surface area contributed by atoms with Crippen molar-refractivity contribution in [2.45, 2.75) is 38.8 Å². The summed E-state index contributed by atoms with van der Waals surface area (Å²) in [4.78, 5) is 20.7. The molecule has 2 aliphatic rings. The van der Waals surface area contributed by atoms with E-state index in [1.165, 1.54) is 6.07 Å². The molecule has 2 atom stereocenters. The van der Waals surface area contributed by atoms with Crippen LogP contribution in [0.5, 0.6) is 0 Å². The summed E-state index contributed by atoms with van der Waals surface area (Å²) in [5.74, 6) is -0.610. The van der Waals surface area contributed by atoms with E-state index in [0.29, 0.717) is 34.4 Å². The maximum atomic E-state index is 14.8. The zero-order valence-corrected chi connectivity index (χ0v) is 20.8. The standard InChI is InChI=1S/C27H25FN4O3S/c1-16-13-18-7-3-6-10-24(18)31(16)27(33)21-14-23(20-8-4-5-9-22(20)28)29-26-25(21)17(2)30-32(26)19-11-12-36(34,35)15-19/h3-10,14,16,19H,11-13,15H2,1-2H3. The van der Waals surface area contributed by atoms with Crippen LogP contribution in [0.15, 0.2) is 54.6 Å². The fourth-order valence-corrected chi connectivity index (χ4v) is 7.21. The SMILES string of the molecule is Cc1nn(C2CCS(=O)(=O)C2)c2nc(-c3ccccc3F)cc(C(=O)N3c4ccccc4CC3C)c12. The number of fused-ring (bicyclic) bond motifs is 2. The van der Waals surface area contributed by atoms with Crippen LogP contribution < -0.4 is 4.90 Å². The van der Waals surface area contributed by atoms with E-state index in [4.69, 9.17) is 4.98 Å². The number of sulfone groups is 1. The van der Waals surface area contributed by atoms with E-state index >= 15 is 0 Å². The van der Waals surface area contributed by atoms with Gasteiger partial charge in [0.05, 0.1) is 39.9 Å². The van der Waals surface area contributed by atoms with Crippen molar-refractivity contribution in [1.82, 2.24) is 14.8 Å². The molecule has 1 fully saturated rings. The highest BCUT2D eigenvalue weighted by atomic mass is 32.2. The molecule has 9 heteroatoms. The Morgan fingerprint density at radius 3 is 2.61 bits per heavy atom. The van der Waals surface area contributed by atoms with Gasteiger partial charge in [0, 0.05) is 17.3 Å². The Kier molecular flexibility index (Phi) is 5.22. The van der Waals surface area contributed by atoms with Crippen molar-refractivity contribution in [3.63, 3.8) is 0 Å². The molecule has 1 amide bonds. The first-order valence-electron chi connectivity index (χ1n) is 12.0. The maximum Gasteiger partial charge on any atom is 0.259 e. The molecule has 2 unspecified atom stereocenters. The summed E-state index contributed by atoms with van der Waals surface area (Å²) in [5, 5.41) is 5.22. The minimum atomic E-state index is -3.18. The number of rotatable bonds is 3. The van der Waals surface area contributed by atoms with Crippen LogP contribution in [-0.2, 0) is 16.3 Å². The van der Waals surface area contributed by atoms with Gasteiger partial charge in [0.2, 0.25) is 0 Å². The molecule has 6 rings (SSSR count). The predicted molar refractivity (Wildman–Crippen MR) is 136 cm³/mol. The van der Waals surface area contributed by atoms with Gasteiger partial charge in [-0.15, -0.1) is 0 Å². The maximum absolute atomic E-state index is 14.8. The topological polar surface area (TPSA) is 85.2 Å². The number of amides is 1. The monoisotopic (exact) mass is 504 g/mol. The Hall–Kier alpha value is -3.59. The highest BCUT2D eigenvalue weighted by Gasteiger charge is 2.35. The van der Waals surface area contributed by atoms with Crippen LogP contribution in [0.3, 0.4) is 0 Å². The van der Waals surface area contributed by atoms with Crippen LogP contribution in [-0.4, -0.2) is 46.6 Å². The number of benzene rings is 2. The smallest absolute Gasteiger partial charge is 0.259 e. The van der Waals surface area contributed by atoms with Crippen LogP contribution in [0.4, 0.5) is 10.1 Å². The van der Waals surface area contributed by atoms with Gasteiger partial charge in [-0.05, 0) is 56.5 Å². The second kappa shape index (κ2) is 8.23. The van der Waals surface area contributed by atoms with Crippen LogP contribution in [0.25, 0.3) is 22.3 Å². The lowest BCUT2D eigenvalue weighted by molar-refractivity contribution is 0.0983. The average molecular weight is 505 g/mol. The molecule has 0 spiro atoms. The van der Waals surface area contributed by atoms with Crippen molar-refractivity contribution in [3.8, 4) is 11.3 Å². The number of carbonyl (C=O) groups is 1. The van der Waals surface area contributed by atoms with Crippen molar-refractivity contribution in [2.75, 3.05) is 16.4 Å². The first-order chi connectivity index (χ1) is 17.2. The van der Waals surface area contributed by atoms with Gasteiger partial charge in [0.25, 0.3) is 5.91 Å². The fraction of sp³-hybridized carbons (Fsp3) is 0.296. The van der Waals surface area contributed by atoms with Gasteiger partial charge in [-0.25, -0.2) is 22.5 Å². The number of halogens is 1. The Labute approximate surface area is 208 Å². The molecule has 0 saturated carbocycles. The third-order valence-corrected chi connectivity index (χ3v) is 8.95. The molecule has 36 heavy (non-hydrogen) atoms. The predicted octanol–water partition coefficient (Wildman–Crippen LogP) is 4.50. The average Bonchev–Trinajstić information content (AvgIpc) is 3.50. The molecule has 2 aliphatic heterocycles. The highest BCUT2D eigenvalue weighted by molar-refractivity contribution is 7.91. The quantitative estimate of drug-likeness (QED) is 0.410. The second-order valence-electron chi connectivity index (χ2n) is 9.68. The number of hydrogen-bond acceptors (Lipinski definition) is 5. The van der Waals surface area contributed by atoms with Gasteiger partial charge in [0.1, 0.15) is 5.82 Å². The van der Waals surface area contributed by atoms with Gasteiger partial charge >= 0.3 is 0 Å². The van der Waals surface area contributed by atoms with Crippen molar-refractivity contribution in [2.24, 2.45) is 0 Å². The van der Waals surface area contributed by atoms with Crippen molar-refractivity contribution < 1.29 is 17.6 Å². The van der Waals surface area contributed by atoms with Gasteiger partial charge in [-0.1, -0.05) is 30.3 Å². The van der Waals surface area contributed by atoms with E-state index in [1.807, 2.05) is 31.2 Å². The molecule has 7 nitrogen and oxygen atoms in total. The Morgan fingerprint density at radius 2 is 1.86 bits per heavy atom. The molecule has 0 radical (unpaired) electrons. The molecule has 1 saturated heterocycles. The minimum Gasteiger partial charge on any atom is -0.305 e. The summed E-state index contributed by atoms with van der Waals surface area (Å²) in [6.07, 6.45) is 1.17. The third-order valence-electron chi connectivity index (χ3n) is 7.20. The molecular weight excluding hydrogens is 479 g/mol. The molecule has 4 aromatic rings. The van der Waals surface area contributed by atoms with E-state index in [0.717, 1.165) is 17.7 Å². The van der Waals surface area contributed by atoms with Crippen molar-refractivity contribution in [3.05, 3.63) is 77.2 Å². The van der Waals surface area contributed by atoms with E-state index < -0.39 is 15.7 Å². The largest absolute Gasteiger partial charge is 0.305 e. The van der Waals surface area contributed by atoms with Crippen LogP contribution in [0, 0.1) is 12.7 Å². The number of aryl methyl sites for hydroxylation is 1. The Balaban J connectivity index is 1.59. The van der Waals surface area contributed by atoms with Gasteiger partial charge in [0.15, 0.2) is 15.5 Å². The Morgan fingerprint density at radius 1 is 1.11 bits per heavy atom. The number of carbonyl (C=O) groups excluding carboxylic acids is 1. The summed E-state index contributed by atoms with van der Waals surface area (Å²) in [7, 11) is -3.18. The van der Waals surface area contributed by atoms with Crippen LogP contribution in [0.1, 0.15) is 41.0 Å². The zero-order valence-electron chi connectivity index (χ0n) is 20.0. The normalized spacial score (nSPS) is 20.7. The summed E-state index contributed by atoms with van der Waals surface area (Å²) in [5.41, 5.74) is 3.91. The van der Waals surface area contributed by atoms with Crippen molar-refractivity contribution >= 4 is 32.5 Å². The molecule has 0 N–H and O–H groups in total. The summed E-state index contributed by atoms with van der Waals surface area (Å²) < 4.78 is 40.9. The number of aromatic nitrogens is 3. The summed E-state index contributed by atoms with van der Waals surface area (Å²) in [6, 6.07) is 15.3. The third kappa shape index (κ3) is 3.61. The molecule has 2 aromatic heterocycles. The van der Waals surface area contributed by atoms with Gasteiger partial charge in [-0.2, -0.15) is 5.10 Å². The van der Waals surface area contributed by atoms with Crippen LogP contribution >= 0.6 is 0 Å². The summed E-state index contributed by atoms with van der Waals surface area (Å²) in [6.45, 7) is 3.80. The van der Waals surface area contributed by atoms with E-state index in [1.54, 1.807) is 40.8 Å².